The number of halogens is 3. The Labute approximate surface area is 177 Å². The quantitative estimate of drug-likeness (QED) is 0.592. The van der Waals surface area contributed by atoms with E-state index in [0.717, 1.165) is 11.6 Å². The van der Waals surface area contributed by atoms with Crippen LogP contribution >= 0.6 is 0 Å². The second-order valence-electron chi connectivity index (χ2n) is 7.79. The van der Waals surface area contributed by atoms with Crippen LogP contribution in [-0.2, 0) is 23.8 Å². The van der Waals surface area contributed by atoms with Gasteiger partial charge in [0, 0.05) is 43.5 Å². The van der Waals surface area contributed by atoms with Crippen LogP contribution in [0.4, 0.5) is 13.2 Å². The second kappa shape index (κ2) is 8.64. The van der Waals surface area contributed by atoms with Gasteiger partial charge in [-0.15, -0.1) is 0 Å². The van der Waals surface area contributed by atoms with E-state index in [0.29, 0.717) is 50.9 Å². The molecule has 0 radical (unpaired) electrons. The zero-order chi connectivity index (χ0) is 22.0. The number of likely N-dealkylation sites (tertiary alicyclic amines) is 1. The van der Waals surface area contributed by atoms with E-state index in [4.69, 9.17) is 4.52 Å². The Bertz CT molecular complexity index is 1070. The number of aromatic nitrogens is 3. The van der Waals surface area contributed by atoms with Crippen molar-refractivity contribution < 1.29 is 22.5 Å². The molecular weight excluding hydrogens is 409 g/mol. The largest absolute Gasteiger partial charge is 0.417 e. The van der Waals surface area contributed by atoms with Crippen molar-refractivity contribution in [3.8, 4) is 0 Å². The van der Waals surface area contributed by atoms with Gasteiger partial charge in [0.1, 0.15) is 0 Å². The molecule has 3 aromatic rings. The molecule has 4 rings (SSSR count). The Morgan fingerprint density at radius 3 is 2.77 bits per heavy atom. The first-order valence-corrected chi connectivity index (χ1v) is 10.4. The summed E-state index contributed by atoms with van der Waals surface area (Å²) in [6.45, 7) is 2.65. The number of rotatable bonds is 5. The molecule has 0 saturated carbocycles. The van der Waals surface area contributed by atoms with Gasteiger partial charge in [-0.05, 0) is 49.4 Å². The summed E-state index contributed by atoms with van der Waals surface area (Å²) in [5, 5.41) is 3.89. The van der Waals surface area contributed by atoms with Crippen molar-refractivity contribution in [2.75, 3.05) is 13.1 Å². The number of hydrogen-bond acceptors (Lipinski definition) is 5. The molecule has 6 nitrogen and oxygen atoms in total. The lowest BCUT2D eigenvalue weighted by atomic mass is 9.91. The molecule has 164 valence electrons. The summed E-state index contributed by atoms with van der Waals surface area (Å²) in [7, 11) is 0. The minimum atomic E-state index is -4.54. The molecule has 1 atom stereocenters. The standard InChI is InChI=1S/C22H23F3N4O2/c1-2-16-12-17(22(23,24)25)19-20(28-31-21(19)27-16)15-4-3-11-29(13-15)18(30)6-5-14-7-9-26-10-8-14/h7-10,12,15H,2-6,11,13H2,1H3. The highest BCUT2D eigenvalue weighted by molar-refractivity contribution is 5.82. The van der Waals surface area contributed by atoms with Crippen LogP contribution in [0.5, 0.6) is 0 Å². The SMILES string of the molecule is CCc1cc(C(F)(F)F)c2c(C3CCCN(C(=O)CCc4ccncc4)C3)noc2n1. The van der Waals surface area contributed by atoms with Crippen molar-refractivity contribution in [1.82, 2.24) is 20.0 Å². The van der Waals surface area contributed by atoms with Crippen LogP contribution in [0.25, 0.3) is 11.1 Å². The first-order valence-electron chi connectivity index (χ1n) is 10.4. The van der Waals surface area contributed by atoms with Crippen LogP contribution in [0.2, 0.25) is 0 Å². The van der Waals surface area contributed by atoms with Crippen LogP contribution < -0.4 is 0 Å². The highest BCUT2D eigenvalue weighted by Gasteiger charge is 2.38. The van der Waals surface area contributed by atoms with E-state index in [1.54, 1.807) is 24.2 Å². The van der Waals surface area contributed by atoms with Gasteiger partial charge in [-0.2, -0.15) is 13.2 Å². The van der Waals surface area contributed by atoms with Gasteiger partial charge >= 0.3 is 6.18 Å². The van der Waals surface area contributed by atoms with Crippen LogP contribution in [0.1, 0.15) is 54.6 Å². The molecule has 0 bridgehead atoms. The van der Waals surface area contributed by atoms with E-state index in [-0.39, 0.29) is 28.6 Å². The first kappa shape index (κ1) is 21.3. The van der Waals surface area contributed by atoms with Crippen molar-refractivity contribution in [2.24, 2.45) is 0 Å². The molecule has 9 heteroatoms. The summed E-state index contributed by atoms with van der Waals surface area (Å²) in [5.74, 6) is -0.341. The number of amides is 1. The Kier molecular flexibility index (Phi) is 5.93. The molecule has 0 N–H and O–H groups in total. The maximum Gasteiger partial charge on any atom is 0.417 e. The predicted molar refractivity (Wildman–Crippen MR) is 107 cm³/mol. The predicted octanol–water partition coefficient (Wildman–Crippen LogP) is 4.54. The number of fused-ring (bicyclic) bond motifs is 1. The van der Waals surface area contributed by atoms with E-state index in [1.807, 2.05) is 12.1 Å². The van der Waals surface area contributed by atoms with Crippen LogP contribution in [-0.4, -0.2) is 39.0 Å². The van der Waals surface area contributed by atoms with E-state index >= 15 is 0 Å². The molecule has 1 saturated heterocycles. The summed E-state index contributed by atoms with van der Waals surface area (Å²) in [6.07, 6.45) is 1.46. The topological polar surface area (TPSA) is 72.1 Å². The van der Waals surface area contributed by atoms with E-state index in [2.05, 4.69) is 15.1 Å². The Balaban J connectivity index is 1.56. The summed E-state index contributed by atoms with van der Waals surface area (Å²) in [4.78, 5) is 22.6. The number of hydrogen-bond donors (Lipinski definition) is 0. The highest BCUT2D eigenvalue weighted by Crippen LogP contribution is 2.40. The van der Waals surface area contributed by atoms with Gasteiger partial charge in [-0.3, -0.25) is 9.78 Å². The fourth-order valence-electron chi connectivity index (χ4n) is 4.09. The summed E-state index contributed by atoms with van der Waals surface area (Å²) < 4.78 is 46.5. The third kappa shape index (κ3) is 4.55. The number of alkyl halides is 3. The minimum absolute atomic E-state index is 0.0169. The molecular formula is C22H23F3N4O2. The van der Waals surface area contributed by atoms with E-state index < -0.39 is 11.7 Å². The van der Waals surface area contributed by atoms with Gasteiger partial charge in [0.15, 0.2) is 0 Å². The molecule has 0 aromatic carbocycles. The summed E-state index contributed by atoms with van der Waals surface area (Å²) in [6, 6.07) is 4.80. The molecule has 0 spiro atoms. The zero-order valence-electron chi connectivity index (χ0n) is 17.2. The third-order valence-electron chi connectivity index (χ3n) is 5.73. The maximum atomic E-state index is 13.8. The van der Waals surface area contributed by atoms with Gasteiger partial charge < -0.3 is 9.42 Å². The van der Waals surface area contributed by atoms with E-state index in [1.165, 1.54) is 0 Å². The lowest BCUT2D eigenvalue weighted by Crippen LogP contribution is -2.39. The van der Waals surface area contributed by atoms with Crippen LogP contribution in [0, 0.1) is 0 Å². The first-order chi connectivity index (χ1) is 14.9. The van der Waals surface area contributed by atoms with Crippen molar-refractivity contribution in [1.29, 1.82) is 0 Å². The van der Waals surface area contributed by atoms with Crippen molar-refractivity contribution >= 4 is 17.0 Å². The van der Waals surface area contributed by atoms with Crippen LogP contribution in [0.15, 0.2) is 35.1 Å². The highest BCUT2D eigenvalue weighted by atomic mass is 19.4. The minimum Gasteiger partial charge on any atom is -0.342 e. The lowest BCUT2D eigenvalue weighted by molar-refractivity contribution is -0.136. The molecule has 3 aromatic heterocycles. The monoisotopic (exact) mass is 432 g/mol. The van der Waals surface area contributed by atoms with Gasteiger partial charge in [0.05, 0.1) is 16.6 Å². The number of nitrogens with zero attached hydrogens (tertiary/aromatic N) is 4. The molecule has 0 aliphatic carbocycles. The summed E-state index contributed by atoms with van der Waals surface area (Å²) in [5.41, 5.74) is 0.699. The average molecular weight is 432 g/mol. The number of pyridine rings is 2. The molecule has 1 fully saturated rings. The van der Waals surface area contributed by atoms with E-state index in [9.17, 15) is 18.0 Å². The van der Waals surface area contributed by atoms with Crippen molar-refractivity contribution in [2.45, 2.75) is 51.1 Å². The van der Waals surface area contributed by atoms with Crippen molar-refractivity contribution in [3.63, 3.8) is 0 Å². The maximum absolute atomic E-state index is 13.8. The van der Waals surface area contributed by atoms with Gasteiger partial charge in [0.25, 0.3) is 5.71 Å². The zero-order valence-corrected chi connectivity index (χ0v) is 17.2. The fraction of sp³-hybridized carbons (Fsp3) is 0.455. The smallest absolute Gasteiger partial charge is 0.342 e. The van der Waals surface area contributed by atoms with Gasteiger partial charge in [0.2, 0.25) is 5.91 Å². The second-order valence-corrected chi connectivity index (χ2v) is 7.79. The molecule has 1 unspecified atom stereocenters. The molecule has 1 amide bonds. The normalized spacial score (nSPS) is 17.3. The van der Waals surface area contributed by atoms with Gasteiger partial charge in [-0.1, -0.05) is 12.1 Å². The number of carbonyl (C=O) groups is 1. The average Bonchev–Trinajstić information content (AvgIpc) is 3.20. The Morgan fingerprint density at radius 1 is 1.29 bits per heavy atom. The Morgan fingerprint density at radius 2 is 2.06 bits per heavy atom. The third-order valence-corrected chi connectivity index (χ3v) is 5.73. The fourth-order valence-corrected chi connectivity index (χ4v) is 4.09. The Hall–Kier alpha value is -2.97. The molecule has 4 heterocycles. The van der Waals surface area contributed by atoms with Gasteiger partial charge in [-0.25, -0.2) is 4.98 Å². The van der Waals surface area contributed by atoms with Crippen molar-refractivity contribution in [3.05, 3.63) is 53.1 Å². The van der Waals surface area contributed by atoms with Crippen LogP contribution in [0.3, 0.4) is 0 Å². The molecule has 1 aliphatic rings. The molecule has 1 aliphatic heterocycles. The number of aryl methyl sites for hydroxylation is 2. The summed E-state index contributed by atoms with van der Waals surface area (Å²) >= 11 is 0. The number of piperidine rings is 1. The lowest BCUT2D eigenvalue weighted by Gasteiger charge is -2.32. The molecule has 31 heavy (non-hydrogen) atoms. The number of carbonyl (C=O) groups excluding carboxylic acids is 1.